The Morgan fingerprint density at radius 1 is 1.35 bits per heavy atom. The second-order valence-corrected chi connectivity index (χ2v) is 7.05. The monoisotopic (exact) mass is 278 g/mol. The van der Waals surface area contributed by atoms with Gasteiger partial charge in [-0.25, -0.2) is 0 Å². The minimum atomic E-state index is -1.02. The third-order valence-electron chi connectivity index (χ3n) is 6.80. The number of rotatable bonds is 0. The van der Waals surface area contributed by atoms with E-state index in [0.717, 1.165) is 5.57 Å². The van der Waals surface area contributed by atoms with Crippen LogP contribution >= 0.6 is 0 Å². The van der Waals surface area contributed by atoms with Crippen LogP contribution in [0.4, 0.5) is 0 Å². The molecule has 2 saturated heterocycles. The Morgan fingerprint density at radius 3 is 2.75 bits per heavy atom. The first-order chi connectivity index (χ1) is 9.26. The number of aliphatic hydroxyl groups excluding tert-OH is 1. The summed E-state index contributed by atoms with van der Waals surface area (Å²) in [5.74, 6) is -0.675. The van der Waals surface area contributed by atoms with Crippen molar-refractivity contribution in [2.45, 2.75) is 45.3 Å². The second kappa shape index (κ2) is 2.96. The predicted octanol–water partition coefficient (Wildman–Crippen LogP) is 0.952. The van der Waals surface area contributed by atoms with Gasteiger partial charge in [0.05, 0.1) is 23.4 Å². The van der Waals surface area contributed by atoms with Gasteiger partial charge in [-0.2, -0.15) is 0 Å². The Kier molecular flexibility index (Phi) is 1.83. The van der Waals surface area contributed by atoms with Gasteiger partial charge < -0.3 is 14.6 Å². The van der Waals surface area contributed by atoms with Gasteiger partial charge in [-0.15, -0.1) is 0 Å². The van der Waals surface area contributed by atoms with Crippen molar-refractivity contribution in [1.29, 1.82) is 0 Å². The second-order valence-electron chi connectivity index (χ2n) is 7.05. The lowest BCUT2D eigenvalue weighted by molar-refractivity contribution is -0.165. The van der Waals surface area contributed by atoms with Crippen molar-refractivity contribution >= 4 is 11.9 Å². The number of ether oxygens (including phenoxy) is 2. The van der Waals surface area contributed by atoms with Crippen molar-refractivity contribution in [2.24, 2.45) is 16.2 Å². The lowest BCUT2D eigenvalue weighted by atomic mass is 9.62. The molecular weight excluding hydrogens is 260 g/mol. The maximum Gasteiger partial charge on any atom is 0.315 e. The molecular formula is C15H18O5. The van der Waals surface area contributed by atoms with Crippen LogP contribution in [0.2, 0.25) is 0 Å². The molecule has 2 aliphatic heterocycles. The van der Waals surface area contributed by atoms with E-state index in [1.54, 1.807) is 6.92 Å². The zero-order valence-electron chi connectivity index (χ0n) is 11.9. The minimum absolute atomic E-state index is 0.148. The van der Waals surface area contributed by atoms with E-state index in [1.807, 2.05) is 19.9 Å². The number of carbonyl (C=O) groups is 2. The zero-order chi connectivity index (χ0) is 14.6. The van der Waals surface area contributed by atoms with Crippen LogP contribution in [-0.2, 0) is 19.1 Å². The molecule has 2 heterocycles. The van der Waals surface area contributed by atoms with Gasteiger partial charge >= 0.3 is 11.9 Å². The Balaban J connectivity index is 2.05. The summed E-state index contributed by atoms with van der Waals surface area (Å²) in [5, 5.41) is 11.0. The quantitative estimate of drug-likeness (QED) is 0.527. The molecule has 1 saturated carbocycles. The summed E-state index contributed by atoms with van der Waals surface area (Å²) in [4.78, 5) is 24.3. The Hall–Kier alpha value is -1.36. The van der Waals surface area contributed by atoms with Crippen LogP contribution in [0.25, 0.3) is 0 Å². The summed E-state index contributed by atoms with van der Waals surface area (Å²) < 4.78 is 11.0. The van der Waals surface area contributed by atoms with E-state index in [1.165, 1.54) is 0 Å². The molecule has 108 valence electrons. The molecule has 0 radical (unpaired) electrons. The molecule has 1 N–H and O–H groups in total. The largest absolute Gasteiger partial charge is 0.464 e. The number of hydrogen-bond acceptors (Lipinski definition) is 5. The van der Waals surface area contributed by atoms with Crippen LogP contribution < -0.4 is 0 Å². The van der Waals surface area contributed by atoms with E-state index in [2.05, 4.69) is 0 Å². The van der Waals surface area contributed by atoms with Gasteiger partial charge in [0.1, 0.15) is 17.6 Å². The fraction of sp³-hybridized carbons (Fsp3) is 0.733. The number of aliphatic hydroxyl groups is 1. The first-order valence-corrected chi connectivity index (χ1v) is 7.01. The third-order valence-corrected chi connectivity index (χ3v) is 6.80. The fourth-order valence-electron chi connectivity index (χ4n) is 5.39. The summed E-state index contributed by atoms with van der Waals surface area (Å²) in [7, 11) is 0. The normalized spacial score (nSPS) is 56.0. The Morgan fingerprint density at radius 2 is 2.05 bits per heavy atom. The van der Waals surface area contributed by atoms with Gasteiger partial charge in [0.2, 0.25) is 0 Å². The first kappa shape index (κ1) is 12.4. The molecule has 4 rings (SSSR count). The molecule has 0 aromatic heterocycles. The van der Waals surface area contributed by atoms with Gasteiger partial charge in [0, 0.05) is 6.42 Å². The van der Waals surface area contributed by atoms with Crippen LogP contribution in [0.15, 0.2) is 11.6 Å². The molecule has 5 atom stereocenters. The van der Waals surface area contributed by atoms with Gasteiger partial charge in [-0.3, -0.25) is 9.59 Å². The van der Waals surface area contributed by atoms with E-state index in [4.69, 9.17) is 9.47 Å². The summed E-state index contributed by atoms with van der Waals surface area (Å²) in [6, 6.07) is 0. The number of esters is 2. The van der Waals surface area contributed by atoms with E-state index < -0.39 is 27.9 Å². The molecule has 5 nitrogen and oxygen atoms in total. The minimum Gasteiger partial charge on any atom is -0.464 e. The van der Waals surface area contributed by atoms with Gasteiger partial charge in [-0.1, -0.05) is 18.6 Å². The maximum absolute atomic E-state index is 12.3. The Bertz CT molecular complexity index is 595. The molecule has 0 spiro atoms. The topological polar surface area (TPSA) is 72.8 Å². The highest BCUT2D eigenvalue weighted by atomic mass is 16.6. The highest BCUT2D eigenvalue weighted by molar-refractivity contribution is 5.86. The standard InChI is InChI=1S/C15H18O5/c1-8-4-5-15-12(2)7-19-11(18)13(12,3)10(17)14(8,15)6-9(16)20-15/h4,10,17H,5-7H2,1-3H3/t10-,12+,13-,14?,15-/m0/s1. The number of carbonyl (C=O) groups excluding carboxylic acids is 2. The highest BCUT2D eigenvalue weighted by Gasteiger charge is 2.88. The number of hydrogen-bond donors (Lipinski definition) is 1. The van der Waals surface area contributed by atoms with Crippen LogP contribution in [0.5, 0.6) is 0 Å². The van der Waals surface area contributed by atoms with Crippen LogP contribution in [0.1, 0.15) is 33.6 Å². The van der Waals surface area contributed by atoms with Crippen molar-refractivity contribution in [1.82, 2.24) is 0 Å². The van der Waals surface area contributed by atoms with E-state index in [0.29, 0.717) is 6.42 Å². The summed E-state index contributed by atoms with van der Waals surface area (Å²) in [6.07, 6.45) is 1.77. The van der Waals surface area contributed by atoms with Crippen molar-refractivity contribution in [3.8, 4) is 0 Å². The molecule has 3 fully saturated rings. The molecule has 4 aliphatic rings. The lowest BCUT2D eigenvalue weighted by Gasteiger charge is -2.43. The molecule has 20 heavy (non-hydrogen) atoms. The van der Waals surface area contributed by atoms with Crippen molar-refractivity contribution in [3.63, 3.8) is 0 Å². The lowest BCUT2D eigenvalue weighted by Crippen LogP contribution is -2.52. The molecule has 0 aromatic carbocycles. The molecule has 0 bridgehead atoms. The highest BCUT2D eigenvalue weighted by Crippen LogP contribution is 2.78. The molecule has 2 aliphatic carbocycles. The maximum atomic E-state index is 12.3. The summed E-state index contributed by atoms with van der Waals surface area (Å²) >= 11 is 0. The average molecular weight is 278 g/mol. The van der Waals surface area contributed by atoms with Crippen LogP contribution in [0.3, 0.4) is 0 Å². The summed E-state index contributed by atoms with van der Waals surface area (Å²) in [5.41, 5.74) is -2.38. The third kappa shape index (κ3) is 0.793. The summed E-state index contributed by atoms with van der Waals surface area (Å²) in [6.45, 7) is 5.77. The molecule has 0 aromatic rings. The molecule has 1 unspecified atom stereocenters. The van der Waals surface area contributed by atoms with Gasteiger partial charge in [0.15, 0.2) is 0 Å². The average Bonchev–Trinajstić information content (AvgIpc) is 2.97. The van der Waals surface area contributed by atoms with Gasteiger partial charge in [-0.05, 0) is 13.8 Å². The predicted molar refractivity (Wildman–Crippen MR) is 67.4 cm³/mol. The SMILES string of the molecule is CC1=CC[C@@]23OC(=O)CC12[C@@H](O)[C@@]1(C)C(=O)OC[C@]13C. The smallest absolute Gasteiger partial charge is 0.315 e. The number of cyclic esters (lactones) is 1. The zero-order valence-corrected chi connectivity index (χ0v) is 11.9. The fourth-order valence-corrected chi connectivity index (χ4v) is 5.39. The van der Waals surface area contributed by atoms with Crippen molar-refractivity contribution in [3.05, 3.63) is 11.6 Å². The number of fused-ring (bicyclic) bond motifs is 1. The van der Waals surface area contributed by atoms with Crippen molar-refractivity contribution < 1.29 is 24.2 Å². The molecule has 5 heteroatoms. The molecule has 0 amide bonds. The van der Waals surface area contributed by atoms with Crippen LogP contribution in [-0.4, -0.2) is 35.4 Å². The van der Waals surface area contributed by atoms with E-state index >= 15 is 0 Å². The first-order valence-electron chi connectivity index (χ1n) is 7.01. The van der Waals surface area contributed by atoms with Crippen molar-refractivity contribution in [2.75, 3.05) is 6.61 Å². The van der Waals surface area contributed by atoms with Gasteiger partial charge in [0.25, 0.3) is 0 Å². The van der Waals surface area contributed by atoms with E-state index in [9.17, 15) is 14.7 Å². The van der Waals surface area contributed by atoms with Crippen LogP contribution in [0, 0.1) is 16.2 Å². The Labute approximate surface area is 116 Å². The van der Waals surface area contributed by atoms with E-state index in [-0.39, 0.29) is 25.0 Å².